The van der Waals surface area contributed by atoms with E-state index in [4.69, 9.17) is 19.3 Å². The molecular weight excluding hydrogens is 474 g/mol. The number of fused-ring (bicyclic) bond motifs is 1. The topological polar surface area (TPSA) is 91.6 Å². The molecule has 36 heavy (non-hydrogen) atoms. The van der Waals surface area contributed by atoms with E-state index in [9.17, 15) is 4.79 Å². The lowest BCUT2D eigenvalue weighted by Gasteiger charge is -2.31. The van der Waals surface area contributed by atoms with Gasteiger partial charge in [0.2, 0.25) is 0 Å². The molecule has 0 amide bonds. The molecule has 2 aliphatic rings. The van der Waals surface area contributed by atoms with Gasteiger partial charge in [-0.2, -0.15) is 5.10 Å². The maximum atomic E-state index is 11.3. The molecule has 10 heteroatoms. The fourth-order valence-electron chi connectivity index (χ4n) is 4.25. The van der Waals surface area contributed by atoms with Gasteiger partial charge in [0.1, 0.15) is 36.3 Å². The second kappa shape index (κ2) is 9.91. The Morgan fingerprint density at radius 1 is 1.22 bits per heavy atom. The van der Waals surface area contributed by atoms with Gasteiger partial charge in [0.25, 0.3) is 0 Å². The molecule has 3 heterocycles. The van der Waals surface area contributed by atoms with Crippen LogP contribution in [0, 0.1) is 0 Å². The molecule has 0 radical (unpaired) electrons. The maximum Gasteiger partial charge on any atom is 0.150 e. The normalized spacial score (nSPS) is 19.4. The zero-order valence-corrected chi connectivity index (χ0v) is 22.6. The Morgan fingerprint density at radius 3 is 2.81 bits per heavy atom. The summed E-state index contributed by atoms with van der Waals surface area (Å²) in [5.41, 5.74) is 2.41. The van der Waals surface area contributed by atoms with Crippen molar-refractivity contribution in [3.63, 3.8) is 0 Å². The predicted molar refractivity (Wildman–Crippen MR) is 141 cm³/mol. The van der Waals surface area contributed by atoms with Crippen LogP contribution in [0.5, 0.6) is 5.75 Å². The molecule has 1 aliphatic heterocycles. The van der Waals surface area contributed by atoms with Gasteiger partial charge < -0.3 is 23.9 Å². The van der Waals surface area contributed by atoms with Gasteiger partial charge in [-0.15, -0.1) is 0 Å². The lowest BCUT2D eigenvalue weighted by molar-refractivity contribution is -0.118. The SMILES string of the molecule is CC1(Oc2ccc3nn(COCC[Si](C)(C)C)c(-c4cc(N5CCO[C@H](C=O)C5)ncn4)c3c2)CC1. The second-order valence-electron chi connectivity index (χ2n) is 11.2. The zero-order chi connectivity index (χ0) is 25.3. The van der Waals surface area contributed by atoms with Crippen LogP contribution >= 0.6 is 0 Å². The highest BCUT2D eigenvalue weighted by molar-refractivity contribution is 6.76. The summed E-state index contributed by atoms with van der Waals surface area (Å²) in [4.78, 5) is 22.5. The minimum absolute atomic E-state index is 0.0721. The van der Waals surface area contributed by atoms with E-state index in [1.54, 1.807) is 6.33 Å². The molecule has 0 N–H and O–H groups in total. The molecule has 1 atom stereocenters. The first-order chi connectivity index (χ1) is 17.2. The van der Waals surface area contributed by atoms with Crippen LogP contribution in [-0.2, 0) is 21.0 Å². The molecule has 2 fully saturated rings. The fraction of sp³-hybridized carbons (Fsp3) is 0.538. The van der Waals surface area contributed by atoms with Crippen LogP contribution in [0.25, 0.3) is 22.3 Å². The number of benzene rings is 1. The number of nitrogens with zero attached hydrogens (tertiary/aromatic N) is 5. The van der Waals surface area contributed by atoms with E-state index in [1.165, 1.54) is 0 Å². The van der Waals surface area contributed by atoms with Gasteiger partial charge in [-0.3, -0.25) is 0 Å². The molecule has 3 aromatic rings. The molecule has 0 spiro atoms. The average molecular weight is 510 g/mol. The molecule has 5 rings (SSSR count). The van der Waals surface area contributed by atoms with Gasteiger partial charge in [0.15, 0.2) is 6.29 Å². The highest BCUT2D eigenvalue weighted by Crippen LogP contribution is 2.41. The number of carbonyl (C=O) groups excluding carboxylic acids is 1. The predicted octanol–water partition coefficient (Wildman–Crippen LogP) is 4.14. The third kappa shape index (κ3) is 5.76. The number of hydrogen-bond acceptors (Lipinski definition) is 8. The van der Waals surface area contributed by atoms with Crippen molar-refractivity contribution in [3.8, 4) is 17.1 Å². The van der Waals surface area contributed by atoms with Crippen LogP contribution in [0.2, 0.25) is 25.7 Å². The summed E-state index contributed by atoms with van der Waals surface area (Å²) in [5, 5.41) is 5.81. The smallest absolute Gasteiger partial charge is 0.150 e. The Labute approximate surface area is 212 Å². The fourth-order valence-corrected chi connectivity index (χ4v) is 5.00. The molecule has 1 saturated heterocycles. The van der Waals surface area contributed by atoms with E-state index in [1.807, 2.05) is 22.9 Å². The van der Waals surface area contributed by atoms with Gasteiger partial charge in [-0.1, -0.05) is 19.6 Å². The van der Waals surface area contributed by atoms with Crippen molar-refractivity contribution in [2.45, 2.75) is 63.9 Å². The average Bonchev–Trinajstić information content (AvgIpc) is 3.47. The first-order valence-corrected chi connectivity index (χ1v) is 16.4. The molecule has 1 aromatic carbocycles. The molecule has 2 aromatic heterocycles. The van der Waals surface area contributed by atoms with Crippen LogP contribution in [-0.4, -0.2) is 72.1 Å². The van der Waals surface area contributed by atoms with Crippen molar-refractivity contribution in [3.05, 3.63) is 30.6 Å². The Morgan fingerprint density at radius 2 is 2.06 bits per heavy atom. The Bertz CT molecular complexity index is 1240. The summed E-state index contributed by atoms with van der Waals surface area (Å²) < 4.78 is 19.7. The number of aromatic nitrogens is 4. The summed E-state index contributed by atoms with van der Waals surface area (Å²) in [7, 11) is -1.20. The molecule has 192 valence electrons. The highest BCUT2D eigenvalue weighted by atomic mass is 28.3. The number of anilines is 1. The van der Waals surface area contributed by atoms with E-state index in [2.05, 4.69) is 47.5 Å². The third-order valence-electron chi connectivity index (χ3n) is 6.70. The summed E-state index contributed by atoms with van der Waals surface area (Å²) in [5.74, 6) is 1.59. The third-order valence-corrected chi connectivity index (χ3v) is 8.41. The van der Waals surface area contributed by atoms with E-state index < -0.39 is 14.2 Å². The number of morpholine rings is 1. The van der Waals surface area contributed by atoms with Crippen LogP contribution in [0.3, 0.4) is 0 Å². The van der Waals surface area contributed by atoms with Crippen molar-refractivity contribution < 1.29 is 19.0 Å². The maximum absolute atomic E-state index is 11.3. The van der Waals surface area contributed by atoms with E-state index in [0.29, 0.717) is 33.0 Å². The quantitative estimate of drug-likeness (QED) is 0.229. The van der Waals surface area contributed by atoms with E-state index in [0.717, 1.165) is 59.0 Å². The first kappa shape index (κ1) is 24.9. The van der Waals surface area contributed by atoms with Crippen molar-refractivity contribution in [1.82, 2.24) is 19.7 Å². The monoisotopic (exact) mass is 509 g/mol. The van der Waals surface area contributed by atoms with Crippen LogP contribution < -0.4 is 9.64 Å². The van der Waals surface area contributed by atoms with Gasteiger partial charge in [-0.25, -0.2) is 14.6 Å². The van der Waals surface area contributed by atoms with Gasteiger partial charge in [-0.05, 0) is 44.0 Å². The number of carbonyl (C=O) groups is 1. The van der Waals surface area contributed by atoms with Crippen molar-refractivity contribution in [2.75, 3.05) is 31.2 Å². The molecule has 0 unspecified atom stereocenters. The van der Waals surface area contributed by atoms with Crippen molar-refractivity contribution in [2.24, 2.45) is 0 Å². The van der Waals surface area contributed by atoms with Crippen LogP contribution in [0.4, 0.5) is 5.82 Å². The number of aldehydes is 1. The highest BCUT2D eigenvalue weighted by Gasteiger charge is 2.40. The largest absolute Gasteiger partial charge is 0.488 e. The molecular formula is C26H35N5O4Si. The first-order valence-electron chi connectivity index (χ1n) is 12.6. The van der Waals surface area contributed by atoms with Crippen LogP contribution in [0.1, 0.15) is 19.8 Å². The van der Waals surface area contributed by atoms with Crippen molar-refractivity contribution >= 4 is 31.1 Å². The summed E-state index contributed by atoms with van der Waals surface area (Å²) in [6.45, 7) is 11.8. The summed E-state index contributed by atoms with van der Waals surface area (Å²) in [6, 6.07) is 9.08. The molecule has 0 bridgehead atoms. The van der Waals surface area contributed by atoms with Crippen LogP contribution in [0.15, 0.2) is 30.6 Å². The number of hydrogen-bond donors (Lipinski definition) is 0. The molecule has 1 aliphatic carbocycles. The van der Waals surface area contributed by atoms with E-state index >= 15 is 0 Å². The summed E-state index contributed by atoms with van der Waals surface area (Å²) in [6.07, 6.45) is 4.09. The standard InChI is InChI=1S/C26H35N5O4Si/c1-26(7-8-26)35-19-5-6-22-21(13-19)25(31(29-22)18-33-11-12-36(2,3)4)23-14-24(28-17-27-23)30-9-10-34-20(15-30)16-32/h5-6,13-14,16-17,20H,7-12,15,18H2,1-4H3/t20-/m0/s1. The van der Waals surface area contributed by atoms with Gasteiger partial charge in [0, 0.05) is 32.7 Å². The second-order valence-corrected chi connectivity index (χ2v) is 16.8. The van der Waals surface area contributed by atoms with E-state index in [-0.39, 0.29) is 5.60 Å². The summed E-state index contributed by atoms with van der Waals surface area (Å²) >= 11 is 0. The lowest BCUT2D eigenvalue weighted by Crippen LogP contribution is -2.43. The molecule has 1 saturated carbocycles. The number of rotatable bonds is 10. The Hall–Kier alpha value is -2.82. The Kier molecular flexibility index (Phi) is 6.84. The number of ether oxygens (including phenoxy) is 3. The Balaban J connectivity index is 1.49. The lowest BCUT2D eigenvalue weighted by atomic mass is 10.1. The zero-order valence-electron chi connectivity index (χ0n) is 21.6. The van der Waals surface area contributed by atoms with Gasteiger partial charge >= 0.3 is 0 Å². The minimum atomic E-state index is -1.20. The van der Waals surface area contributed by atoms with Gasteiger partial charge in [0.05, 0.1) is 30.1 Å². The minimum Gasteiger partial charge on any atom is -0.488 e. The molecule has 9 nitrogen and oxygen atoms in total. The van der Waals surface area contributed by atoms with Crippen molar-refractivity contribution in [1.29, 1.82) is 0 Å².